The van der Waals surface area contributed by atoms with E-state index in [9.17, 15) is 0 Å². The summed E-state index contributed by atoms with van der Waals surface area (Å²) in [4.78, 5) is 0. The Hall–Kier alpha value is -3.12. The van der Waals surface area contributed by atoms with Gasteiger partial charge in [-0.1, -0.05) is 120 Å². The van der Waals surface area contributed by atoms with Crippen LogP contribution in [0.1, 0.15) is 73.9 Å². The van der Waals surface area contributed by atoms with Gasteiger partial charge in [0.2, 0.25) is 0 Å². The molecule has 0 radical (unpaired) electrons. The largest absolute Gasteiger partial charge is 0.0622 e. The summed E-state index contributed by atoms with van der Waals surface area (Å²) < 4.78 is 0. The average Bonchev–Trinajstić information content (AvgIpc) is 2.82. The molecule has 0 heteroatoms. The predicted octanol–water partition coefficient (Wildman–Crippen LogP) is 9.65. The fourth-order valence-corrected chi connectivity index (χ4v) is 5.33. The van der Waals surface area contributed by atoms with Crippen LogP contribution >= 0.6 is 0 Å². The van der Waals surface area contributed by atoms with Crippen molar-refractivity contribution in [3.63, 3.8) is 0 Å². The first kappa shape index (κ1) is 24.0. The molecule has 0 aromatic heterocycles. The molecule has 0 fully saturated rings. The second-order valence-corrected chi connectivity index (χ2v) is 10.9. The molecule has 4 aromatic carbocycles. The Morgan fingerprint density at radius 3 is 1.79 bits per heavy atom. The van der Waals surface area contributed by atoms with Crippen molar-refractivity contribution in [2.24, 2.45) is 0 Å². The third-order valence-corrected chi connectivity index (χ3v) is 7.08. The summed E-state index contributed by atoms with van der Waals surface area (Å²) in [6.07, 6.45) is 0.938. The Labute approximate surface area is 206 Å². The molecule has 0 aliphatic heterocycles. The van der Waals surface area contributed by atoms with Crippen LogP contribution in [0.5, 0.6) is 0 Å². The molecule has 0 atom stereocenters. The van der Waals surface area contributed by atoms with E-state index in [1.54, 1.807) is 0 Å². The van der Waals surface area contributed by atoms with E-state index in [1.807, 2.05) is 0 Å². The van der Waals surface area contributed by atoms with Crippen LogP contribution in [-0.2, 0) is 11.8 Å². The number of hydrogen-bond donors (Lipinski definition) is 0. The quantitative estimate of drug-likeness (QED) is 0.286. The highest BCUT2D eigenvalue weighted by molar-refractivity contribution is 5.87. The number of rotatable bonds is 5. The molecule has 0 saturated heterocycles. The molecule has 0 bridgehead atoms. The highest BCUT2D eigenvalue weighted by atomic mass is 14.3. The van der Waals surface area contributed by atoms with Crippen molar-refractivity contribution < 1.29 is 0 Å². The summed E-state index contributed by atoms with van der Waals surface area (Å²) in [6.45, 7) is 16.4. The van der Waals surface area contributed by atoms with E-state index in [4.69, 9.17) is 0 Å². The van der Waals surface area contributed by atoms with Crippen LogP contribution in [0.3, 0.4) is 0 Å². The van der Waals surface area contributed by atoms with E-state index in [0.717, 1.165) is 6.42 Å². The molecule has 34 heavy (non-hydrogen) atoms. The fraction of sp³-hybridized carbons (Fsp3) is 0.294. The minimum atomic E-state index is -0.0193. The zero-order valence-corrected chi connectivity index (χ0v) is 21.9. The van der Waals surface area contributed by atoms with Crippen molar-refractivity contribution in [1.29, 1.82) is 0 Å². The Morgan fingerprint density at radius 2 is 1.21 bits per heavy atom. The molecule has 174 valence electrons. The lowest BCUT2D eigenvalue weighted by molar-refractivity contribution is 0.592. The van der Waals surface area contributed by atoms with Crippen LogP contribution in [0.2, 0.25) is 0 Å². The minimum Gasteiger partial charge on any atom is -0.0622 e. The molecule has 0 nitrogen and oxygen atoms in total. The van der Waals surface area contributed by atoms with E-state index >= 15 is 0 Å². The second kappa shape index (κ2) is 9.63. The van der Waals surface area contributed by atoms with Gasteiger partial charge in [-0.2, -0.15) is 0 Å². The normalized spacial score (nSPS) is 11.8. The molecule has 4 aromatic rings. The van der Waals surface area contributed by atoms with E-state index in [0.29, 0.717) is 5.92 Å². The molecular formula is C34H38. The molecule has 0 unspecified atom stereocenters. The molecule has 0 heterocycles. The molecule has 0 aliphatic rings. The van der Waals surface area contributed by atoms with E-state index in [-0.39, 0.29) is 5.41 Å². The number of hydrogen-bond acceptors (Lipinski definition) is 0. The lowest BCUT2D eigenvalue weighted by Gasteiger charge is -2.33. The smallest absolute Gasteiger partial charge is 0.00168 e. The SMILES string of the molecule is Cc1c(C)c(-c2ccccc2)c(C(C)(C)C)c(-c2ccccc2C(C)C)c1Cc1ccccc1. The molecule has 4 rings (SSSR count). The molecule has 0 spiro atoms. The van der Waals surface area contributed by atoms with Crippen molar-refractivity contribution in [3.8, 4) is 22.3 Å². The average molecular weight is 447 g/mol. The summed E-state index contributed by atoms with van der Waals surface area (Å²) in [7, 11) is 0. The van der Waals surface area contributed by atoms with E-state index < -0.39 is 0 Å². The number of benzene rings is 4. The van der Waals surface area contributed by atoms with Crippen molar-refractivity contribution in [2.45, 2.75) is 66.2 Å². The first-order valence-corrected chi connectivity index (χ1v) is 12.5. The Kier molecular flexibility index (Phi) is 6.80. The maximum atomic E-state index is 2.37. The van der Waals surface area contributed by atoms with Crippen LogP contribution in [0.15, 0.2) is 84.9 Å². The van der Waals surface area contributed by atoms with Gasteiger partial charge in [0.15, 0.2) is 0 Å². The van der Waals surface area contributed by atoms with Gasteiger partial charge >= 0.3 is 0 Å². The van der Waals surface area contributed by atoms with Crippen LogP contribution in [0, 0.1) is 13.8 Å². The Morgan fingerprint density at radius 1 is 0.647 bits per heavy atom. The third kappa shape index (κ3) is 4.60. The molecule has 0 amide bonds. The van der Waals surface area contributed by atoms with Crippen molar-refractivity contribution in [3.05, 3.63) is 118 Å². The topological polar surface area (TPSA) is 0 Å². The molecule has 0 saturated carbocycles. The summed E-state index contributed by atoms with van der Waals surface area (Å²) >= 11 is 0. The van der Waals surface area contributed by atoms with Crippen molar-refractivity contribution in [1.82, 2.24) is 0 Å². The summed E-state index contributed by atoms with van der Waals surface area (Å²) in [5.74, 6) is 0.454. The minimum absolute atomic E-state index is 0.0193. The summed E-state index contributed by atoms with van der Waals surface area (Å²) in [5, 5.41) is 0. The van der Waals surface area contributed by atoms with Crippen molar-refractivity contribution in [2.75, 3.05) is 0 Å². The fourth-order valence-electron chi connectivity index (χ4n) is 5.33. The summed E-state index contributed by atoms with van der Waals surface area (Å²) in [6, 6.07) is 31.0. The van der Waals surface area contributed by atoms with E-state index in [2.05, 4.69) is 133 Å². The molecule has 0 N–H and O–H groups in total. The first-order chi connectivity index (χ1) is 16.2. The van der Waals surface area contributed by atoms with Gasteiger partial charge in [-0.15, -0.1) is 0 Å². The van der Waals surface area contributed by atoms with Crippen LogP contribution in [-0.4, -0.2) is 0 Å². The van der Waals surface area contributed by atoms with Gasteiger partial charge in [-0.25, -0.2) is 0 Å². The van der Waals surface area contributed by atoms with Crippen LogP contribution < -0.4 is 0 Å². The van der Waals surface area contributed by atoms with Crippen molar-refractivity contribution >= 4 is 0 Å². The first-order valence-electron chi connectivity index (χ1n) is 12.5. The van der Waals surface area contributed by atoms with Gasteiger partial charge in [0.25, 0.3) is 0 Å². The Bertz CT molecular complexity index is 1270. The lowest BCUT2D eigenvalue weighted by atomic mass is 9.71. The molecular weight excluding hydrogens is 408 g/mol. The maximum Gasteiger partial charge on any atom is -0.00168 e. The van der Waals surface area contributed by atoms with Crippen LogP contribution in [0.25, 0.3) is 22.3 Å². The van der Waals surface area contributed by atoms with Gasteiger partial charge in [0.05, 0.1) is 0 Å². The van der Waals surface area contributed by atoms with Gasteiger partial charge in [0.1, 0.15) is 0 Å². The third-order valence-electron chi connectivity index (χ3n) is 7.08. The summed E-state index contributed by atoms with van der Waals surface area (Å²) in [5.41, 5.74) is 14.0. The highest BCUT2D eigenvalue weighted by Crippen LogP contribution is 2.47. The predicted molar refractivity (Wildman–Crippen MR) is 149 cm³/mol. The van der Waals surface area contributed by atoms with Gasteiger partial charge in [0, 0.05) is 0 Å². The van der Waals surface area contributed by atoms with Gasteiger partial charge < -0.3 is 0 Å². The molecule has 0 aliphatic carbocycles. The maximum absolute atomic E-state index is 2.37. The lowest BCUT2D eigenvalue weighted by Crippen LogP contribution is -2.19. The zero-order valence-electron chi connectivity index (χ0n) is 21.9. The Balaban J connectivity index is 2.18. The van der Waals surface area contributed by atoms with Gasteiger partial charge in [-0.05, 0) is 87.2 Å². The zero-order chi connectivity index (χ0) is 24.5. The van der Waals surface area contributed by atoms with E-state index in [1.165, 1.54) is 55.6 Å². The van der Waals surface area contributed by atoms with Gasteiger partial charge in [-0.3, -0.25) is 0 Å². The monoisotopic (exact) mass is 446 g/mol. The standard InChI is InChI=1S/C34H38/c1-23(2)28-20-14-15-21-29(28)32-30(22-26-16-10-8-11-17-26)24(3)25(4)31(33(32)34(5,6)7)27-18-12-9-13-19-27/h8-21,23H,22H2,1-7H3. The second-order valence-electron chi connectivity index (χ2n) is 10.9. The van der Waals surface area contributed by atoms with Crippen LogP contribution in [0.4, 0.5) is 0 Å². The highest BCUT2D eigenvalue weighted by Gasteiger charge is 2.30.